The van der Waals surface area contributed by atoms with Gasteiger partial charge in [0.25, 0.3) is 5.91 Å². The van der Waals surface area contributed by atoms with Crippen LogP contribution >= 0.6 is 0 Å². The lowest BCUT2D eigenvalue weighted by molar-refractivity contribution is -0.118. The van der Waals surface area contributed by atoms with E-state index in [1.807, 2.05) is 36.4 Å². The number of nitrogens with zero attached hydrogens (tertiary/aromatic N) is 3. The van der Waals surface area contributed by atoms with Crippen LogP contribution in [0.3, 0.4) is 0 Å². The molecule has 2 aliphatic rings. The average molecular weight is 499 g/mol. The smallest absolute Gasteiger partial charge is 0.254 e. The van der Waals surface area contributed by atoms with Gasteiger partial charge in [0.05, 0.1) is 30.7 Å². The number of anilines is 3. The summed E-state index contributed by atoms with van der Waals surface area (Å²) in [7, 11) is 6.52. The number of H-pyrrole nitrogens is 1. The van der Waals surface area contributed by atoms with Crippen LogP contribution in [-0.4, -0.2) is 60.2 Å². The van der Waals surface area contributed by atoms with E-state index < -0.39 is 5.41 Å². The number of benzene rings is 2. The van der Waals surface area contributed by atoms with Crippen LogP contribution in [-0.2, 0) is 10.2 Å². The highest BCUT2D eigenvalue weighted by Gasteiger charge is 2.65. The second kappa shape index (κ2) is 8.22. The fourth-order valence-corrected chi connectivity index (χ4v) is 5.26. The van der Waals surface area contributed by atoms with Crippen LogP contribution in [0.2, 0.25) is 0 Å². The van der Waals surface area contributed by atoms with Crippen LogP contribution in [0.25, 0.3) is 10.9 Å². The lowest BCUT2D eigenvalue weighted by atomic mass is 9.91. The molecule has 1 spiro atoms. The standard InChI is InChI=1S/C27H26N6O4/c1-33(2)25(34)15-10-22(24(37-4)28-13-15)29-23-17-7-5-14(9-21(17)31-32-23)19-12-27(19)18-11-16(36-3)6-8-20(18)30-26(27)35/h5-11,13,19H,12H2,1-4H3,(H,30,35)(H2,29,31,32)/t19-,27-/m0/s1. The van der Waals surface area contributed by atoms with E-state index in [0.717, 1.165) is 39.9 Å². The van der Waals surface area contributed by atoms with E-state index in [1.54, 1.807) is 27.3 Å². The van der Waals surface area contributed by atoms with Gasteiger partial charge in [0.1, 0.15) is 11.4 Å². The Morgan fingerprint density at radius 2 is 1.97 bits per heavy atom. The van der Waals surface area contributed by atoms with E-state index in [0.29, 0.717) is 22.9 Å². The maximum Gasteiger partial charge on any atom is 0.254 e. The normalized spacial score (nSPS) is 19.5. The summed E-state index contributed by atoms with van der Waals surface area (Å²) in [5.74, 6) is 1.59. The Morgan fingerprint density at radius 1 is 1.14 bits per heavy atom. The van der Waals surface area contributed by atoms with Crippen molar-refractivity contribution in [2.45, 2.75) is 17.8 Å². The number of aromatic nitrogens is 3. The highest BCUT2D eigenvalue weighted by Crippen LogP contribution is 2.65. The first kappa shape index (κ1) is 22.8. The maximum absolute atomic E-state index is 13.0. The first-order valence-corrected chi connectivity index (χ1v) is 11.9. The minimum absolute atomic E-state index is 0.0274. The Morgan fingerprint density at radius 3 is 2.73 bits per heavy atom. The number of carbonyl (C=O) groups excluding carboxylic acids is 2. The molecule has 2 aromatic heterocycles. The molecule has 1 fully saturated rings. The predicted molar refractivity (Wildman–Crippen MR) is 139 cm³/mol. The van der Waals surface area contributed by atoms with Crippen molar-refractivity contribution in [3.05, 3.63) is 65.4 Å². The monoisotopic (exact) mass is 498 g/mol. The molecule has 1 saturated carbocycles. The lowest BCUT2D eigenvalue weighted by Crippen LogP contribution is -2.22. The molecule has 0 bridgehead atoms. The molecule has 0 unspecified atom stereocenters. The number of hydrogen-bond donors (Lipinski definition) is 3. The molecule has 0 radical (unpaired) electrons. The molecular weight excluding hydrogens is 472 g/mol. The molecule has 2 aromatic carbocycles. The average Bonchev–Trinajstić information content (AvgIpc) is 3.46. The topological polar surface area (TPSA) is 121 Å². The van der Waals surface area contributed by atoms with Gasteiger partial charge in [-0.25, -0.2) is 4.98 Å². The van der Waals surface area contributed by atoms with Gasteiger partial charge >= 0.3 is 0 Å². The molecular formula is C27H26N6O4. The van der Waals surface area contributed by atoms with Gasteiger partial charge in [-0.3, -0.25) is 14.7 Å². The SMILES string of the molecule is COc1ccc2c(c1)[C@]1(C[C@H]1c1ccc3c(Nc4cc(C(=O)N(C)C)cnc4OC)n[nH]c3c1)C(=O)N2. The quantitative estimate of drug-likeness (QED) is 0.370. The molecule has 1 aliphatic heterocycles. The van der Waals surface area contributed by atoms with Gasteiger partial charge < -0.3 is 25.0 Å². The Hall–Kier alpha value is -4.60. The fourth-order valence-electron chi connectivity index (χ4n) is 5.26. The van der Waals surface area contributed by atoms with Crippen molar-refractivity contribution in [3.63, 3.8) is 0 Å². The van der Waals surface area contributed by atoms with E-state index in [9.17, 15) is 9.59 Å². The number of pyridine rings is 1. The van der Waals surface area contributed by atoms with Crippen LogP contribution in [0, 0.1) is 0 Å². The number of hydrogen-bond acceptors (Lipinski definition) is 7. The van der Waals surface area contributed by atoms with Gasteiger partial charge in [0.2, 0.25) is 11.8 Å². The van der Waals surface area contributed by atoms with Gasteiger partial charge in [-0.1, -0.05) is 6.07 Å². The maximum atomic E-state index is 13.0. The number of fused-ring (bicyclic) bond motifs is 3. The molecule has 3 N–H and O–H groups in total. The molecule has 2 amide bonds. The lowest BCUT2D eigenvalue weighted by Gasteiger charge is -2.13. The van der Waals surface area contributed by atoms with Crippen LogP contribution in [0.4, 0.5) is 17.2 Å². The van der Waals surface area contributed by atoms with E-state index in [2.05, 4.69) is 25.8 Å². The summed E-state index contributed by atoms with van der Waals surface area (Å²) in [6, 6.07) is 13.5. The third-order valence-corrected chi connectivity index (χ3v) is 7.26. The summed E-state index contributed by atoms with van der Waals surface area (Å²) in [6.07, 6.45) is 2.22. The van der Waals surface area contributed by atoms with E-state index in [4.69, 9.17) is 9.47 Å². The summed E-state index contributed by atoms with van der Waals surface area (Å²) >= 11 is 0. The molecule has 2 atom stereocenters. The van der Waals surface area contributed by atoms with Gasteiger partial charge in [-0.15, -0.1) is 0 Å². The molecule has 6 rings (SSSR count). The Kier molecular flexibility index (Phi) is 5.08. The van der Waals surface area contributed by atoms with Crippen molar-refractivity contribution in [1.29, 1.82) is 0 Å². The van der Waals surface area contributed by atoms with Crippen molar-refractivity contribution < 1.29 is 19.1 Å². The number of amides is 2. The van der Waals surface area contributed by atoms with E-state index in [-0.39, 0.29) is 17.7 Å². The Labute approximate surface area is 213 Å². The summed E-state index contributed by atoms with van der Waals surface area (Å²) in [4.78, 5) is 31.2. The van der Waals surface area contributed by atoms with Crippen molar-refractivity contribution in [2.75, 3.05) is 38.9 Å². The predicted octanol–water partition coefficient (Wildman–Crippen LogP) is 3.80. The number of nitrogens with one attached hydrogen (secondary N) is 3. The highest BCUT2D eigenvalue weighted by molar-refractivity contribution is 6.10. The highest BCUT2D eigenvalue weighted by atomic mass is 16.5. The third-order valence-electron chi connectivity index (χ3n) is 7.26. The summed E-state index contributed by atoms with van der Waals surface area (Å²) in [5.41, 5.74) is 4.12. The molecule has 188 valence electrons. The second-order valence-corrected chi connectivity index (χ2v) is 9.58. The number of rotatable bonds is 6. The summed E-state index contributed by atoms with van der Waals surface area (Å²) in [6.45, 7) is 0. The zero-order chi connectivity index (χ0) is 25.9. The minimum Gasteiger partial charge on any atom is -0.497 e. The zero-order valence-electron chi connectivity index (χ0n) is 20.9. The van der Waals surface area contributed by atoms with E-state index in [1.165, 1.54) is 18.2 Å². The molecule has 10 nitrogen and oxygen atoms in total. The van der Waals surface area contributed by atoms with Gasteiger partial charge in [0, 0.05) is 37.3 Å². The Bertz CT molecular complexity index is 1580. The van der Waals surface area contributed by atoms with Crippen LogP contribution in [0.5, 0.6) is 11.6 Å². The zero-order valence-corrected chi connectivity index (χ0v) is 20.9. The first-order chi connectivity index (χ1) is 17.8. The van der Waals surface area contributed by atoms with Crippen molar-refractivity contribution in [1.82, 2.24) is 20.1 Å². The molecule has 0 saturated heterocycles. The van der Waals surface area contributed by atoms with Crippen molar-refractivity contribution >= 4 is 39.9 Å². The van der Waals surface area contributed by atoms with Gasteiger partial charge in [-0.2, -0.15) is 5.10 Å². The van der Waals surface area contributed by atoms with Gasteiger partial charge in [0.15, 0.2) is 5.82 Å². The number of methoxy groups -OCH3 is 2. The molecule has 4 aromatic rings. The molecule has 3 heterocycles. The number of ether oxygens (including phenoxy) is 2. The largest absolute Gasteiger partial charge is 0.497 e. The number of aromatic amines is 1. The van der Waals surface area contributed by atoms with E-state index >= 15 is 0 Å². The van der Waals surface area contributed by atoms with Crippen LogP contribution in [0.1, 0.15) is 33.8 Å². The summed E-state index contributed by atoms with van der Waals surface area (Å²) in [5, 5.41) is 14.7. The minimum atomic E-state index is -0.572. The molecule has 37 heavy (non-hydrogen) atoms. The van der Waals surface area contributed by atoms with Crippen LogP contribution < -0.4 is 20.1 Å². The Balaban J connectivity index is 1.31. The number of carbonyl (C=O) groups is 2. The third kappa shape index (κ3) is 3.47. The summed E-state index contributed by atoms with van der Waals surface area (Å²) < 4.78 is 10.8. The molecule has 10 heteroatoms. The second-order valence-electron chi connectivity index (χ2n) is 9.58. The van der Waals surface area contributed by atoms with Gasteiger partial charge in [-0.05, 0) is 53.9 Å². The first-order valence-electron chi connectivity index (χ1n) is 11.9. The van der Waals surface area contributed by atoms with Crippen molar-refractivity contribution in [3.8, 4) is 11.6 Å². The van der Waals surface area contributed by atoms with Crippen LogP contribution in [0.15, 0.2) is 48.7 Å². The molecule has 1 aliphatic carbocycles. The van der Waals surface area contributed by atoms with Crippen molar-refractivity contribution in [2.24, 2.45) is 0 Å². The fraction of sp³-hybridized carbons (Fsp3) is 0.259.